The third-order valence-corrected chi connectivity index (χ3v) is 5.79. The van der Waals surface area contributed by atoms with E-state index >= 15 is 0 Å². The predicted molar refractivity (Wildman–Crippen MR) is 70.4 cm³/mol. The van der Waals surface area contributed by atoms with Crippen molar-refractivity contribution in [3.05, 3.63) is 0 Å². The van der Waals surface area contributed by atoms with Gasteiger partial charge in [0.25, 0.3) is 20.2 Å². The van der Waals surface area contributed by atoms with E-state index in [9.17, 15) is 34.4 Å². The molecule has 0 amide bonds. The largest absolute Gasteiger partial charge is 0.275 e. The Balaban J connectivity index is 4.82. The molecular formula is C10H18F4O6S2. The van der Waals surface area contributed by atoms with Gasteiger partial charge in [0.05, 0.1) is 6.61 Å². The molecular weight excluding hydrogens is 356 g/mol. The highest BCUT2D eigenvalue weighted by Crippen LogP contribution is 2.14. The Morgan fingerprint density at radius 1 is 0.818 bits per heavy atom. The maximum atomic E-state index is 12.4. The van der Waals surface area contributed by atoms with Gasteiger partial charge in [0.1, 0.15) is 43.3 Å². The van der Waals surface area contributed by atoms with Crippen molar-refractivity contribution >= 4 is 20.2 Å². The van der Waals surface area contributed by atoms with E-state index in [1.165, 1.54) is 6.92 Å². The molecule has 12 heteroatoms. The average Bonchev–Trinajstić information content (AvgIpc) is 2.45. The molecule has 22 heavy (non-hydrogen) atoms. The molecule has 0 aromatic carbocycles. The second-order valence-corrected chi connectivity index (χ2v) is 7.99. The molecule has 6 nitrogen and oxygen atoms in total. The quantitative estimate of drug-likeness (QED) is 0.375. The van der Waals surface area contributed by atoms with Crippen molar-refractivity contribution in [3.63, 3.8) is 0 Å². The molecule has 0 aromatic rings. The molecule has 0 rings (SSSR count). The van der Waals surface area contributed by atoms with Crippen LogP contribution in [0.15, 0.2) is 0 Å². The van der Waals surface area contributed by atoms with Gasteiger partial charge in [-0.3, -0.25) is 8.37 Å². The lowest BCUT2D eigenvalue weighted by molar-refractivity contribution is 0.129. The van der Waals surface area contributed by atoms with Gasteiger partial charge in [-0.25, -0.2) is 17.6 Å². The SMILES string of the molecule is CCC(COS(=O)(=O)C(CF)CF)OS(=O)(=O)C(CF)CF. The van der Waals surface area contributed by atoms with Gasteiger partial charge in [0.15, 0.2) is 0 Å². The van der Waals surface area contributed by atoms with Crippen LogP contribution in [-0.2, 0) is 28.6 Å². The third-order valence-electron chi connectivity index (χ3n) is 2.65. The summed E-state index contributed by atoms with van der Waals surface area (Å²) >= 11 is 0. The summed E-state index contributed by atoms with van der Waals surface area (Å²) in [5, 5.41) is -4.05. The van der Waals surface area contributed by atoms with Crippen molar-refractivity contribution in [1.82, 2.24) is 0 Å². The molecule has 0 spiro atoms. The highest BCUT2D eigenvalue weighted by atomic mass is 32.2. The first kappa shape index (κ1) is 21.5. The van der Waals surface area contributed by atoms with Crippen LogP contribution in [0.5, 0.6) is 0 Å². The van der Waals surface area contributed by atoms with E-state index in [2.05, 4.69) is 8.37 Å². The van der Waals surface area contributed by atoms with Crippen LogP contribution in [-0.4, -0.2) is 66.7 Å². The Bertz CT molecular complexity index is 502. The molecule has 0 fully saturated rings. The Kier molecular flexibility index (Phi) is 9.43. The highest BCUT2D eigenvalue weighted by Gasteiger charge is 2.32. The monoisotopic (exact) mass is 374 g/mol. The van der Waals surface area contributed by atoms with Crippen LogP contribution in [0, 0.1) is 0 Å². The van der Waals surface area contributed by atoms with Crippen molar-refractivity contribution in [2.24, 2.45) is 0 Å². The van der Waals surface area contributed by atoms with Gasteiger partial charge in [-0.2, -0.15) is 16.8 Å². The van der Waals surface area contributed by atoms with Crippen LogP contribution in [0.4, 0.5) is 17.6 Å². The van der Waals surface area contributed by atoms with Crippen molar-refractivity contribution in [2.45, 2.75) is 29.9 Å². The highest BCUT2D eigenvalue weighted by molar-refractivity contribution is 7.87. The van der Waals surface area contributed by atoms with E-state index in [0.717, 1.165) is 0 Å². The lowest BCUT2D eigenvalue weighted by Gasteiger charge is -2.19. The van der Waals surface area contributed by atoms with Crippen LogP contribution in [0.1, 0.15) is 13.3 Å². The molecule has 0 saturated carbocycles. The standard InChI is InChI=1S/C10H18F4O6S2/c1-2-8(20-22(17,18)10(5-13)6-14)7-19-21(15,16)9(3-11)4-12/h8-10H,2-7H2,1H3. The maximum Gasteiger partial charge on any atom is 0.275 e. The van der Waals surface area contributed by atoms with Gasteiger partial charge >= 0.3 is 0 Å². The van der Waals surface area contributed by atoms with Gasteiger partial charge in [-0.15, -0.1) is 0 Å². The smallest absolute Gasteiger partial charge is 0.267 e. The number of hydrogen-bond donors (Lipinski definition) is 0. The summed E-state index contributed by atoms with van der Waals surface area (Å²) in [6.45, 7) is -5.50. The first-order valence-electron chi connectivity index (χ1n) is 6.22. The molecule has 134 valence electrons. The molecule has 0 heterocycles. The molecule has 0 aliphatic rings. The Labute approximate surface area is 127 Å². The van der Waals surface area contributed by atoms with Gasteiger partial charge in [0.2, 0.25) is 0 Å². The zero-order chi connectivity index (χ0) is 17.4. The van der Waals surface area contributed by atoms with E-state index in [-0.39, 0.29) is 6.42 Å². The van der Waals surface area contributed by atoms with E-state index in [1.807, 2.05) is 0 Å². The average molecular weight is 374 g/mol. The van der Waals surface area contributed by atoms with Crippen LogP contribution < -0.4 is 0 Å². The zero-order valence-electron chi connectivity index (χ0n) is 11.8. The summed E-state index contributed by atoms with van der Waals surface area (Å²) in [6.07, 6.45) is -1.43. The van der Waals surface area contributed by atoms with E-state index in [1.54, 1.807) is 0 Å². The molecule has 0 aliphatic heterocycles. The van der Waals surface area contributed by atoms with Crippen LogP contribution in [0.3, 0.4) is 0 Å². The lowest BCUT2D eigenvalue weighted by Crippen LogP contribution is -2.35. The fraction of sp³-hybridized carbons (Fsp3) is 1.00. The summed E-state index contributed by atoms with van der Waals surface area (Å²) < 4.78 is 104. The van der Waals surface area contributed by atoms with E-state index in [0.29, 0.717) is 0 Å². The summed E-state index contributed by atoms with van der Waals surface area (Å²) in [7, 11) is -9.19. The predicted octanol–water partition coefficient (Wildman–Crippen LogP) is 1.07. The molecule has 0 N–H and O–H groups in total. The van der Waals surface area contributed by atoms with Crippen LogP contribution in [0.25, 0.3) is 0 Å². The zero-order valence-corrected chi connectivity index (χ0v) is 13.4. The van der Waals surface area contributed by atoms with Crippen LogP contribution in [0.2, 0.25) is 0 Å². The fourth-order valence-corrected chi connectivity index (χ4v) is 3.02. The summed E-state index contributed by atoms with van der Waals surface area (Å²) in [4.78, 5) is 0. The number of halogens is 4. The van der Waals surface area contributed by atoms with Crippen molar-refractivity contribution in [2.75, 3.05) is 33.3 Å². The van der Waals surface area contributed by atoms with Crippen LogP contribution >= 0.6 is 0 Å². The summed E-state index contributed by atoms with van der Waals surface area (Å²) in [5.41, 5.74) is 0. The molecule has 0 bridgehead atoms. The Hall–Kier alpha value is -0.460. The molecule has 0 aromatic heterocycles. The first-order chi connectivity index (χ1) is 10.2. The molecule has 1 atom stereocenters. The minimum atomic E-state index is -4.61. The topological polar surface area (TPSA) is 86.7 Å². The van der Waals surface area contributed by atoms with Gasteiger partial charge in [-0.05, 0) is 6.42 Å². The number of alkyl halides is 4. The minimum Gasteiger partial charge on any atom is -0.267 e. The van der Waals surface area contributed by atoms with Gasteiger partial charge < -0.3 is 0 Å². The molecule has 0 saturated heterocycles. The van der Waals surface area contributed by atoms with Crippen molar-refractivity contribution in [1.29, 1.82) is 0 Å². The molecule has 1 unspecified atom stereocenters. The second-order valence-electron chi connectivity index (χ2n) is 4.26. The van der Waals surface area contributed by atoms with Gasteiger partial charge in [-0.1, -0.05) is 6.92 Å². The maximum absolute atomic E-state index is 12.4. The summed E-state index contributed by atoms with van der Waals surface area (Å²) in [5.74, 6) is 0. The number of rotatable bonds is 12. The van der Waals surface area contributed by atoms with Gasteiger partial charge in [0, 0.05) is 0 Å². The summed E-state index contributed by atoms with van der Waals surface area (Å²) in [6, 6.07) is 0. The second kappa shape index (κ2) is 9.63. The van der Waals surface area contributed by atoms with Crippen molar-refractivity contribution < 1.29 is 42.8 Å². The van der Waals surface area contributed by atoms with E-state index in [4.69, 9.17) is 0 Å². The third kappa shape index (κ3) is 6.34. The first-order valence-corrected chi connectivity index (χ1v) is 9.16. The van der Waals surface area contributed by atoms with Crippen molar-refractivity contribution in [3.8, 4) is 0 Å². The Morgan fingerprint density at radius 2 is 1.23 bits per heavy atom. The Morgan fingerprint density at radius 3 is 1.59 bits per heavy atom. The molecule has 0 radical (unpaired) electrons. The number of hydrogen-bond acceptors (Lipinski definition) is 6. The van der Waals surface area contributed by atoms with E-state index < -0.39 is 70.1 Å². The minimum absolute atomic E-state index is 0.0735. The lowest BCUT2D eigenvalue weighted by atomic mass is 10.3. The fourth-order valence-electron chi connectivity index (χ4n) is 1.14. The molecule has 0 aliphatic carbocycles. The normalized spacial score (nSPS) is 14.7.